The molecule has 12 atom stereocenters. The molecule has 2 aliphatic rings. The lowest BCUT2D eigenvalue weighted by Crippen LogP contribution is -2.60. The first-order chi connectivity index (χ1) is 24.3. The van der Waals surface area contributed by atoms with Crippen LogP contribution < -0.4 is 0 Å². The summed E-state index contributed by atoms with van der Waals surface area (Å²) in [6, 6.07) is 0. The summed E-state index contributed by atoms with van der Waals surface area (Å²) in [5, 5.41) is 32.1. The molecule has 12 heteroatoms. The fraction of sp³-hybridized carbons (Fsp3) is 0.675. The molecule has 1 fully saturated rings. The summed E-state index contributed by atoms with van der Waals surface area (Å²) >= 11 is 0. The molecule has 0 spiro atoms. The number of hydrogen-bond donors (Lipinski definition) is 3. The normalized spacial score (nSPS) is 36.6. The van der Waals surface area contributed by atoms with E-state index in [2.05, 4.69) is 0 Å². The van der Waals surface area contributed by atoms with Gasteiger partial charge in [-0.3, -0.25) is 0 Å². The van der Waals surface area contributed by atoms with Crippen molar-refractivity contribution in [3.8, 4) is 0 Å². The highest BCUT2D eigenvalue weighted by molar-refractivity contribution is 5.90. The van der Waals surface area contributed by atoms with Crippen molar-refractivity contribution in [2.24, 2.45) is 35.5 Å². The maximum Gasteiger partial charge on any atom is 0.373 e. The number of carbonyl (C=O) groups is 3. The second kappa shape index (κ2) is 20.2. The van der Waals surface area contributed by atoms with Gasteiger partial charge in [-0.25, -0.2) is 14.4 Å². The summed E-state index contributed by atoms with van der Waals surface area (Å²) in [5.74, 6) is -6.48. The van der Waals surface area contributed by atoms with Gasteiger partial charge in [0.1, 0.15) is 18.3 Å². The molecule has 0 saturated carbocycles. The molecule has 0 aromatic heterocycles. The van der Waals surface area contributed by atoms with Crippen LogP contribution >= 0.6 is 0 Å². The van der Waals surface area contributed by atoms with Crippen molar-refractivity contribution < 1.29 is 58.1 Å². The number of carboxylic acid groups (broad SMARTS) is 1. The van der Waals surface area contributed by atoms with Crippen molar-refractivity contribution in [3.63, 3.8) is 0 Å². The molecular weight excluding hydrogens is 672 g/mol. The van der Waals surface area contributed by atoms with Gasteiger partial charge < -0.3 is 43.7 Å². The van der Waals surface area contributed by atoms with Crippen molar-refractivity contribution in [1.29, 1.82) is 0 Å². The van der Waals surface area contributed by atoms with Crippen LogP contribution in [0.15, 0.2) is 59.4 Å². The van der Waals surface area contributed by atoms with E-state index in [0.717, 1.165) is 11.6 Å². The third-order valence-corrected chi connectivity index (χ3v) is 10.4. The molecule has 0 aromatic carbocycles. The van der Waals surface area contributed by atoms with E-state index in [9.17, 15) is 24.6 Å². The van der Waals surface area contributed by atoms with Gasteiger partial charge in [-0.1, -0.05) is 83.9 Å². The summed E-state index contributed by atoms with van der Waals surface area (Å²) in [5.41, 5.74) is 1.74. The van der Waals surface area contributed by atoms with E-state index < -0.39 is 72.2 Å². The molecule has 0 bridgehead atoms. The highest BCUT2D eigenvalue weighted by Crippen LogP contribution is 2.44. The van der Waals surface area contributed by atoms with E-state index in [1.54, 1.807) is 26.0 Å². The Bertz CT molecular complexity index is 1360. The molecule has 0 radical (unpaired) electrons. The average Bonchev–Trinajstić information content (AvgIpc) is 3.09. The smallest absolute Gasteiger partial charge is 0.373 e. The number of carboxylic acids is 1. The number of aliphatic hydroxyl groups excluding tert-OH is 2. The van der Waals surface area contributed by atoms with Gasteiger partial charge in [-0.05, 0) is 38.2 Å². The van der Waals surface area contributed by atoms with E-state index in [-0.39, 0.29) is 35.9 Å². The van der Waals surface area contributed by atoms with Gasteiger partial charge >= 0.3 is 17.9 Å². The minimum Gasteiger partial charge on any atom is -0.490 e. The average molecular weight is 735 g/mol. The second-order valence-corrected chi connectivity index (χ2v) is 14.8. The van der Waals surface area contributed by atoms with Crippen LogP contribution in [-0.4, -0.2) is 97.0 Å². The highest BCUT2D eigenvalue weighted by atomic mass is 16.7. The molecule has 12 nitrogen and oxygen atoms in total. The Balaban J connectivity index is 2.59. The van der Waals surface area contributed by atoms with Crippen LogP contribution in [0.1, 0.15) is 75.2 Å². The van der Waals surface area contributed by atoms with E-state index in [4.69, 9.17) is 33.5 Å². The van der Waals surface area contributed by atoms with Crippen molar-refractivity contribution in [2.45, 2.75) is 118 Å². The van der Waals surface area contributed by atoms with Crippen molar-refractivity contribution in [2.75, 3.05) is 21.3 Å². The van der Waals surface area contributed by atoms with Crippen molar-refractivity contribution in [3.05, 3.63) is 59.4 Å². The first-order valence-corrected chi connectivity index (χ1v) is 18.0. The third-order valence-electron chi connectivity index (χ3n) is 10.4. The van der Waals surface area contributed by atoms with Crippen LogP contribution in [0.25, 0.3) is 0 Å². The fourth-order valence-electron chi connectivity index (χ4n) is 7.30. The van der Waals surface area contributed by atoms with Gasteiger partial charge in [0.05, 0.1) is 25.4 Å². The van der Waals surface area contributed by atoms with Gasteiger partial charge in [-0.2, -0.15) is 0 Å². The highest BCUT2D eigenvalue weighted by Gasteiger charge is 2.54. The zero-order chi connectivity index (χ0) is 39.5. The molecule has 3 N–H and O–H groups in total. The van der Waals surface area contributed by atoms with Crippen LogP contribution in [0.4, 0.5) is 0 Å². The molecule has 294 valence electrons. The predicted molar refractivity (Wildman–Crippen MR) is 196 cm³/mol. The summed E-state index contributed by atoms with van der Waals surface area (Å²) in [6.07, 6.45) is 6.35. The first kappa shape index (κ1) is 44.9. The SMILES string of the molecule is CO/C1=C\C(C)=C\[C@@H](C)[C@@H](O)[C@H](C)C/C(C)=C/C=C/[C@H](OC)[C@@H]([C@@H](C)[C@@H](O)[C@H](C)[C@@]2(OC)C[C@@H](OC(=O)/C=C/C(=O)O)[C@H](C)[C@@H](C(C)C)O2)OC1=O. The zero-order valence-electron chi connectivity index (χ0n) is 32.9. The summed E-state index contributed by atoms with van der Waals surface area (Å²) in [4.78, 5) is 37.3. The standard InChI is InChI=1S/C40H62O12/c1-22(2)37-27(7)32(50-34(43)17-16-33(41)42)21-40(49-12,52-37)29(9)36(45)28(8)38-30(47-10)15-13-14-23(3)18-25(5)35(44)26(6)19-24(4)20-31(48-11)39(46)51-38/h13-17,19-20,22,25-30,32,35-38,44-45H,18,21H2,1-12H3,(H,41,42)/b15-13+,17-16+,23-14+,24-19+,31-20-/t25-,26-,27+,28+,29+,30+,32-,35+,36-,37-,38-,40-/m1/s1. The molecule has 1 saturated heterocycles. The molecule has 0 amide bonds. The molecule has 2 rings (SSSR count). The lowest BCUT2D eigenvalue weighted by atomic mass is 9.76. The Morgan fingerprint density at radius 3 is 2.25 bits per heavy atom. The van der Waals surface area contributed by atoms with Gasteiger partial charge in [0.25, 0.3) is 0 Å². The molecule has 0 unspecified atom stereocenters. The van der Waals surface area contributed by atoms with Crippen molar-refractivity contribution >= 4 is 17.9 Å². The number of methoxy groups -OCH3 is 3. The maximum atomic E-state index is 13.7. The van der Waals surface area contributed by atoms with Crippen LogP contribution in [0.2, 0.25) is 0 Å². The first-order valence-electron chi connectivity index (χ1n) is 18.0. The van der Waals surface area contributed by atoms with Crippen molar-refractivity contribution in [1.82, 2.24) is 0 Å². The second-order valence-electron chi connectivity index (χ2n) is 14.8. The lowest BCUT2D eigenvalue weighted by molar-refractivity contribution is -0.339. The minimum atomic E-state index is -1.45. The molecule has 2 aliphatic heterocycles. The van der Waals surface area contributed by atoms with E-state index in [1.165, 1.54) is 21.3 Å². The van der Waals surface area contributed by atoms with Gasteiger partial charge in [0.15, 0.2) is 5.79 Å². The largest absolute Gasteiger partial charge is 0.490 e. The predicted octanol–water partition coefficient (Wildman–Crippen LogP) is 5.54. The van der Waals surface area contributed by atoms with Crippen LogP contribution in [0.3, 0.4) is 0 Å². The number of aliphatic carboxylic acids is 1. The quantitative estimate of drug-likeness (QED) is 0.180. The molecule has 52 heavy (non-hydrogen) atoms. The number of allylic oxidation sites excluding steroid dienone is 5. The van der Waals surface area contributed by atoms with Gasteiger partial charge in [0, 0.05) is 56.5 Å². The van der Waals surface area contributed by atoms with E-state index >= 15 is 0 Å². The Kier molecular flexibility index (Phi) is 17.5. The Labute approximate surface area is 309 Å². The molecule has 0 aliphatic carbocycles. The monoisotopic (exact) mass is 734 g/mol. The number of hydrogen-bond acceptors (Lipinski definition) is 11. The summed E-state index contributed by atoms with van der Waals surface area (Å²) < 4.78 is 35.9. The molecule has 2 heterocycles. The molecular formula is C40H62O12. The number of carbonyl (C=O) groups excluding carboxylic acids is 2. The Morgan fingerprint density at radius 2 is 1.69 bits per heavy atom. The van der Waals surface area contributed by atoms with Crippen LogP contribution in [0.5, 0.6) is 0 Å². The fourth-order valence-corrected chi connectivity index (χ4v) is 7.30. The summed E-state index contributed by atoms with van der Waals surface area (Å²) in [7, 11) is 4.31. The zero-order valence-corrected chi connectivity index (χ0v) is 32.9. The van der Waals surface area contributed by atoms with Gasteiger partial charge in [-0.15, -0.1) is 0 Å². The van der Waals surface area contributed by atoms with E-state index in [1.807, 2.05) is 66.7 Å². The topological polar surface area (TPSA) is 167 Å². The Morgan fingerprint density at radius 1 is 1.04 bits per heavy atom. The maximum absolute atomic E-state index is 13.7. The van der Waals surface area contributed by atoms with E-state index in [0.29, 0.717) is 18.1 Å². The third kappa shape index (κ3) is 11.9. The van der Waals surface area contributed by atoms with Crippen LogP contribution in [0, 0.1) is 35.5 Å². The number of aliphatic hydroxyl groups is 2. The van der Waals surface area contributed by atoms with Gasteiger partial charge in [0.2, 0.25) is 5.76 Å². The molecule has 0 aromatic rings. The number of esters is 2. The van der Waals surface area contributed by atoms with Crippen LogP contribution in [-0.2, 0) is 42.8 Å². The minimum absolute atomic E-state index is 0.0345. The number of cyclic esters (lactones) is 1. The lowest BCUT2D eigenvalue weighted by Gasteiger charge is -2.51. The Hall–Kier alpha value is -3.29. The summed E-state index contributed by atoms with van der Waals surface area (Å²) in [6.45, 7) is 17.0. The number of ether oxygens (including phenoxy) is 6. The number of rotatable bonds is 11.